The Morgan fingerprint density at radius 1 is 0.731 bits per heavy atom. The van der Waals surface area contributed by atoms with E-state index in [-0.39, 0.29) is 64.5 Å². The Kier molecular flexibility index (Phi) is 20.5. The Hall–Kier alpha value is -4.59. The molecule has 1 aliphatic rings. The molecule has 4 aromatic rings. The van der Waals surface area contributed by atoms with Crippen LogP contribution in [0.1, 0.15) is 137 Å². The number of primary amides is 1. The van der Waals surface area contributed by atoms with Crippen LogP contribution >= 0.6 is 15.6 Å². The number of esters is 2. The molecule has 2 aromatic carbocycles. The Balaban J connectivity index is 1.23. The van der Waals surface area contributed by atoms with Gasteiger partial charge in [-0.2, -0.15) is 4.31 Å². The first-order valence-electron chi connectivity index (χ1n) is 22.6. The molecule has 22 heteroatoms. The average molecular weight is 976 g/mol. The second-order valence-electron chi connectivity index (χ2n) is 16.3. The van der Waals surface area contributed by atoms with Crippen LogP contribution in [-0.2, 0) is 54.6 Å². The molecular formula is C45H63N5O15P2. The van der Waals surface area contributed by atoms with Gasteiger partial charge in [0.2, 0.25) is 0 Å². The molecule has 1 amide bonds. The lowest BCUT2D eigenvalue weighted by Gasteiger charge is -2.22. The molecular weight excluding hydrogens is 912 g/mol. The molecule has 67 heavy (non-hydrogen) atoms. The molecule has 1 saturated heterocycles. The zero-order chi connectivity index (χ0) is 48.6. The number of aliphatic hydroxyl groups is 2. The van der Waals surface area contributed by atoms with Gasteiger partial charge in [0, 0.05) is 19.0 Å². The first-order chi connectivity index (χ1) is 32.0. The summed E-state index contributed by atoms with van der Waals surface area (Å²) in [4.78, 5) is 56.3. The third-order valence-corrected chi connectivity index (χ3v) is 13.8. The summed E-state index contributed by atoms with van der Waals surface area (Å²) < 4.78 is 66.8. The van der Waals surface area contributed by atoms with Gasteiger partial charge in [-0.05, 0) is 55.2 Å². The van der Waals surface area contributed by atoms with Crippen molar-refractivity contribution in [3.05, 3.63) is 77.2 Å². The highest BCUT2D eigenvalue weighted by molar-refractivity contribution is 7.61. The van der Waals surface area contributed by atoms with Crippen molar-refractivity contribution >= 4 is 50.3 Å². The minimum absolute atomic E-state index is 0.0568. The van der Waals surface area contributed by atoms with Crippen LogP contribution in [0.25, 0.3) is 11.0 Å². The summed E-state index contributed by atoms with van der Waals surface area (Å²) in [7, 11) is -10.4. The van der Waals surface area contributed by atoms with Crippen molar-refractivity contribution in [1.82, 2.24) is 14.5 Å². The zero-order valence-corrected chi connectivity index (χ0v) is 39.9. The lowest BCUT2D eigenvalue weighted by atomic mass is 10.1. The topological polar surface area (TPSA) is 293 Å². The normalized spacial score (nSPS) is 18.2. The van der Waals surface area contributed by atoms with E-state index in [1.165, 1.54) is 59.3 Å². The zero-order valence-electron chi connectivity index (χ0n) is 38.2. The van der Waals surface area contributed by atoms with Crippen LogP contribution in [0.2, 0.25) is 0 Å². The van der Waals surface area contributed by atoms with Gasteiger partial charge in [-0.1, -0.05) is 102 Å². The number of amides is 1. The van der Waals surface area contributed by atoms with Gasteiger partial charge in [0.05, 0.1) is 30.8 Å². The predicted octanol–water partition coefficient (Wildman–Crippen LogP) is 8.03. The Labute approximate surface area is 389 Å². The number of hydrogen-bond donors (Lipinski definition) is 5. The summed E-state index contributed by atoms with van der Waals surface area (Å²) in [5, 5.41) is 22.0. The third kappa shape index (κ3) is 16.3. The van der Waals surface area contributed by atoms with E-state index in [0.29, 0.717) is 24.0 Å². The molecule has 368 valence electrons. The van der Waals surface area contributed by atoms with Gasteiger partial charge in [0.15, 0.2) is 6.23 Å². The molecule has 0 aliphatic carbocycles. The quantitative estimate of drug-likeness (QED) is 0.0149. The van der Waals surface area contributed by atoms with Crippen LogP contribution in [0.4, 0.5) is 5.82 Å². The number of hydrogen-bond acceptors (Lipinski definition) is 17. The van der Waals surface area contributed by atoms with Crippen molar-refractivity contribution in [3.63, 3.8) is 0 Å². The molecule has 20 nitrogen and oxygen atoms in total. The van der Waals surface area contributed by atoms with Gasteiger partial charge in [0.1, 0.15) is 47.1 Å². The van der Waals surface area contributed by atoms with Crippen molar-refractivity contribution in [1.29, 1.82) is 0 Å². The number of benzene rings is 2. The summed E-state index contributed by atoms with van der Waals surface area (Å²) in [5.41, 5.74) is 12.4. The molecule has 2 aromatic heterocycles. The molecule has 3 heterocycles. The van der Waals surface area contributed by atoms with E-state index >= 15 is 0 Å². The molecule has 5 rings (SSSR count). The number of carbonyl (C=O) groups excluding carboxylic acids is 3. The summed E-state index contributed by atoms with van der Waals surface area (Å²) in [6.45, 7) is 3.98. The lowest BCUT2D eigenvalue weighted by Crippen LogP contribution is -2.33. The van der Waals surface area contributed by atoms with Crippen molar-refractivity contribution < 1.29 is 70.7 Å². The number of ether oxygens (including phenoxy) is 3. The Morgan fingerprint density at radius 2 is 1.22 bits per heavy atom. The second kappa shape index (κ2) is 25.7. The van der Waals surface area contributed by atoms with Crippen LogP contribution in [0.3, 0.4) is 0 Å². The first-order valence-corrected chi connectivity index (χ1v) is 25.6. The lowest BCUT2D eigenvalue weighted by molar-refractivity contribution is -0.135. The van der Waals surface area contributed by atoms with E-state index in [4.69, 9.17) is 43.6 Å². The van der Waals surface area contributed by atoms with Crippen LogP contribution < -0.4 is 20.9 Å². The number of phosphoric ester groups is 2. The fourth-order valence-electron chi connectivity index (χ4n) is 7.25. The maximum absolute atomic E-state index is 14.2. The maximum atomic E-state index is 14.2. The summed E-state index contributed by atoms with van der Waals surface area (Å²) in [6, 6.07) is 12.2. The fourth-order valence-corrected chi connectivity index (χ4v) is 9.85. The number of aryl methyl sites for hydroxylation is 1. The molecule has 1 fully saturated rings. The highest BCUT2D eigenvalue weighted by atomic mass is 31.3. The van der Waals surface area contributed by atoms with Gasteiger partial charge in [-0.15, -0.1) is 0 Å². The largest absolute Gasteiger partial charge is 0.484 e. The van der Waals surface area contributed by atoms with E-state index in [1.807, 2.05) is 0 Å². The molecule has 5 atom stereocenters. The van der Waals surface area contributed by atoms with Crippen molar-refractivity contribution in [3.8, 4) is 11.5 Å². The van der Waals surface area contributed by atoms with E-state index in [9.17, 15) is 38.6 Å². The van der Waals surface area contributed by atoms with E-state index < -0.39 is 65.9 Å². The molecule has 1 aliphatic heterocycles. The van der Waals surface area contributed by atoms with Gasteiger partial charge in [0.25, 0.3) is 5.91 Å². The number of unbranched alkanes of at least 4 members (excludes halogenated alkanes) is 10. The smallest absolute Gasteiger partial charge is 0.427 e. The highest BCUT2D eigenvalue weighted by Gasteiger charge is 2.47. The third-order valence-electron chi connectivity index (χ3n) is 10.9. The number of carbonyl (C=O) groups is 3. The summed E-state index contributed by atoms with van der Waals surface area (Å²) >= 11 is 0. The molecule has 0 spiro atoms. The molecule has 0 bridgehead atoms. The predicted molar refractivity (Wildman–Crippen MR) is 245 cm³/mol. The van der Waals surface area contributed by atoms with Crippen molar-refractivity contribution in [2.24, 2.45) is 5.73 Å². The Bertz CT molecular complexity index is 2270. The minimum atomic E-state index is -5.40. The summed E-state index contributed by atoms with van der Waals surface area (Å²) in [6.07, 6.45) is 7.66. The van der Waals surface area contributed by atoms with E-state index in [2.05, 4.69) is 23.8 Å². The van der Waals surface area contributed by atoms with Crippen LogP contribution in [0.15, 0.2) is 54.7 Å². The molecule has 7 N–H and O–H groups in total. The SMILES string of the molecule is CCCCCCCCC(=O)Oc1ccc(COP(=O)(OCc2ccc(OC(=O)CCCCCCCC)cc2)OP(=O)(O)OCC2OC(n3cc(C(N)=O)c4c(N)nc(C)nc43)[C@H](O)[C@@H]2O)cc1. The number of nitrogens with zero attached hydrogens (tertiary/aromatic N) is 3. The number of fused-ring (bicyclic) bond motifs is 1. The Morgan fingerprint density at radius 3 is 1.72 bits per heavy atom. The summed E-state index contributed by atoms with van der Waals surface area (Å²) in [5.74, 6) is -0.943. The highest BCUT2D eigenvalue weighted by Crippen LogP contribution is 2.64. The number of nitrogen functional groups attached to an aromatic ring is 1. The number of rotatable bonds is 29. The van der Waals surface area contributed by atoms with Crippen molar-refractivity contribution in [2.45, 2.75) is 148 Å². The number of aromatic nitrogens is 3. The van der Waals surface area contributed by atoms with E-state index in [0.717, 1.165) is 64.2 Å². The fraction of sp³-hybridized carbons (Fsp3) is 0.533. The monoisotopic (exact) mass is 975 g/mol. The van der Waals surface area contributed by atoms with Gasteiger partial charge in [-0.3, -0.25) is 28.0 Å². The maximum Gasteiger partial charge on any atom is 0.484 e. The van der Waals surface area contributed by atoms with Crippen LogP contribution in [0.5, 0.6) is 11.5 Å². The van der Waals surface area contributed by atoms with Crippen molar-refractivity contribution in [2.75, 3.05) is 12.3 Å². The standard InChI is InChI=1S/C45H63N5O15P2/c1-4-6-8-10-12-14-16-37(51)62-33-22-18-31(19-23-33)27-60-67(58,61-28-32-20-24-34(25-21-32)63-38(52)17-15-13-11-9-7-5-2)65-66(56,57)59-29-36-40(53)41(54)45(64-36)50-26-35(43(47)55)39-42(46)48-30(3)49-44(39)50/h18-26,36,40-41,45,53-54H,4-17,27-29H2,1-3H3,(H2,47,55)(H,56,57)(H2,46,48,49)/t36?,40-,41-,45?/m1/s1. The first kappa shape index (κ1) is 53.4. The number of phosphoric acid groups is 2. The van der Waals surface area contributed by atoms with Gasteiger partial charge < -0.3 is 45.4 Å². The second-order valence-corrected chi connectivity index (χ2v) is 19.6. The van der Waals surface area contributed by atoms with Crippen LogP contribution in [0, 0.1) is 6.92 Å². The van der Waals surface area contributed by atoms with Crippen LogP contribution in [-0.4, -0.2) is 72.4 Å². The average Bonchev–Trinajstić information content (AvgIpc) is 3.81. The molecule has 0 radical (unpaired) electrons. The number of anilines is 1. The molecule has 0 saturated carbocycles. The minimum Gasteiger partial charge on any atom is -0.427 e. The molecule has 3 unspecified atom stereocenters. The van der Waals surface area contributed by atoms with Gasteiger partial charge >= 0.3 is 27.6 Å². The number of nitrogens with two attached hydrogens (primary N) is 2. The van der Waals surface area contributed by atoms with Gasteiger partial charge in [-0.25, -0.2) is 19.1 Å². The number of aliphatic hydroxyl groups excluding tert-OH is 2. The van der Waals surface area contributed by atoms with E-state index in [1.54, 1.807) is 6.92 Å².